The highest BCUT2D eigenvalue weighted by Gasteiger charge is 2.16. The molecule has 0 fully saturated rings. The second-order valence-electron chi connectivity index (χ2n) is 3.82. The Kier molecular flexibility index (Phi) is 3.53. The first kappa shape index (κ1) is 12.4. The van der Waals surface area contributed by atoms with Crippen LogP contribution in [0.15, 0.2) is 35.1 Å². The summed E-state index contributed by atoms with van der Waals surface area (Å²) in [6.07, 6.45) is 2.95. The molecular formula is C12H12ClN3O2. The molecule has 2 heterocycles. The van der Waals surface area contributed by atoms with Crippen LogP contribution in [0.1, 0.15) is 29.1 Å². The van der Waals surface area contributed by atoms with Gasteiger partial charge in [0.15, 0.2) is 0 Å². The highest BCUT2D eigenvalue weighted by atomic mass is 35.5. The van der Waals surface area contributed by atoms with E-state index in [1.54, 1.807) is 18.4 Å². The number of furan rings is 1. The quantitative estimate of drug-likeness (QED) is 0.835. The molecular weight excluding hydrogens is 254 g/mol. The van der Waals surface area contributed by atoms with Gasteiger partial charge in [-0.2, -0.15) is 0 Å². The third-order valence-corrected chi connectivity index (χ3v) is 2.72. The molecule has 1 amide bonds. The zero-order valence-corrected chi connectivity index (χ0v) is 10.4. The molecule has 1 unspecified atom stereocenters. The van der Waals surface area contributed by atoms with Crippen LogP contribution in [0.3, 0.4) is 0 Å². The minimum atomic E-state index is -0.344. The SMILES string of the molecule is CC(NC(=O)c1cc(N)cnc1Cl)c1ccco1. The Bertz CT molecular complexity index is 554. The van der Waals surface area contributed by atoms with Crippen LogP contribution in [0.5, 0.6) is 0 Å². The number of anilines is 1. The average Bonchev–Trinajstić information content (AvgIpc) is 2.85. The summed E-state index contributed by atoms with van der Waals surface area (Å²) in [6.45, 7) is 1.81. The van der Waals surface area contributed by atoms with E-state index in [2.05, 4.69) is 10.3 Å². The smallest absolute Gasteiger partial charge is 0.255 e. The molecule has 94 valence electrons. The Labute approximate surface area is 109 Å². The fourth-order valence-corrected chi connectivity index (χ4v) is 1.70. The van der Waals surface area contributed by atoms with Gasteiger partial charge in [0.2, 0.25) is 0 Å². The Morgan fingerprint density at radius 1 is 1.61 bits per heavy atom. The predicted octanol–water partition coefficient (Wildman–Crippen LogP) is 2.40. The van der Waals surface area contributed by atoms with Gasteiger partial charge in [0.1, 0.15) is 10.9 Å². The van der Waals surface area contributed by atoms with Crippen LogP contribution in [-0.2, 0) is 0 Å². The monoisotopic (exact) mass is 265 g/mol. The summed E-state index contributed by atoms with van der Waals surface area (Å²) in [7, 11) is 0. The lowest BCUT2D eigenvalue weighted by molar-refractivity contribution is 0.0935. The van der Waals surface area contributed by atoms with E-state index in [0.29, 0.717) is 11.4 Å². The van der Waals surface area contributed by atoms with E-state index in [1.165, 1.54) is 12.3 Å². The maximum atomic E-state index is 12.0. The molecule has 0 aliphatic carbocycles. The minimum absolute atomic E-state index is 0.119. The van der Waals surface area contributed by atoms with E-state index in [0.717, 1.165) is 0 Å². The summed E-state index contributed by atoms with van der Waals surface area (Å²) in [5.74, 6) is 0.319. The van der Waals surface area contributed by atoms with Crippen molar-refractivity contribution in [1.29, 1.82) is 0 Å². The number of amides is 1. The van der Waals surface area contributed by atoms with Gasteiger partial charge in [0.05, 0.1) is 29.8 Å². The van der Waals surface area contributed by atoms with Crippen molar-refractivity contribution in [2.24, 2.45) is 0 Å². The molecule has 0 aliphatic heterocycles. The number of nitrogens with one attached hydrogen (secondary N) is 1. The van der Waals surface area contributed by atoms with Crippen molar-refractivity contribution in [3.8, 4) is 0 Å². The summed E-state index contributed by atoms with van der Waals surface area (Å²) >= 11 is 5.85. The number of nitrogens with zero attached hydrogens (tertiary/aromatic N) is 1. The summed E-state index contributed by atoms with van der Waals surface area (Å²) in [5.41, 5.74) is 6.20. The molecule has 6 heteroatoms. The molecule has 2 rings (SSSR count). The molecule has 3 N–H and O–H groups in total. The molecule has 0 aliphatic rings. The van der Waals surface area contributed by atoms with Crippen LogP contribution in [0.25, 0.3) is 0 Å². The number of nitrogens with two attached hydrogens (primary N) is 1. The van der Waals surface area contributed by atoms with Crippen molar-refractivity contribution in [2.45, 2.75) is 13.0 Å². The number of halogens is 1. The minimum Gasteiger partial charge on any atom is -0.467 e. The third kappa shape index (κ3) is 2.62. The highest BCUT2D eigenvalue weighted by Crippen LogP contribution is 2.18. The molecule has 0 bridgehead atoms. The summed E-state index contributed by atoms with van der Waals surface area (Å²) in [4.78, 5) is 15.8. The first-order valence-electron chi connectivity index (χ1n) is 5.33. The molecule has 2 aromatic heterocycles. The van der Waals surface area contributed by atoms with Gasteiger partial charge in [0.25, 0.3) is 5.91 Å². The number of hydrogen-bond donors (Lipinski definition) is 2. The van der Waals surface area contributed by atoms with Gasteiger partial charge < -0.3 is 15.5 Å². The molecule has 0 aromatic carbocycles. The fourth-order valence-electron chi connectivity index (χ4n) is 1.51. The van der Waals surface area contributed by atoms with Gasteiger partial charge >= 0.3 is 0 Å². The normalized spacial score (nSPS) is 12.1. The number of aromatic nitrogens is 1. The highest BCUT2D eigenvalue weighted by molar-refractivity contribution is 6.32. The van der Waals surface area contributed by atoms with E-state index in [4.69, 9.17) is 21.8 Å². The maximum Gasteiger partial charge on any atom is 0.255 e. The zero-order chi connectivity index (χ0) is 13.1. The molecule has 0 saturated carbocycles. The lowest BCUT2D eigenvalue weighted by atomic mass is 10.2. The molecule has 2 aromatic rings. The Morgan fingerprint density at radius 3 is 3.06 bits per heavy atom. The van der Waals surface area contributed by atoms with Crippen molar-refractivity contribution >= 4 is 23.2 Å². The number of nitrogen functional groups attached to an aromatic ring is 1. The van der Waals surface area contributed by atoms with Gasteiger partial charge in [-0.3, -0.25) is 4.79 Å². The largest absolute Gasteiger partial charge is 0.467 e. The lowest BCUT2D eigenvalue weighted by Gasteiger charge is -2.12. The lowest BCUT2D eigenvalue weighted by Crippen LogP contribution is -2.26. The summed E-state index contributed by atoms with van der Waals surface area (Å²) in [6, 6.07) is 4.77. The molecule has 0 spiro atoms. The van der Waals surface area contributed by atoms with Crippen LogP contribution >= 0.6 is 11.6 Å². The second kappa shape index (κ2) is 5.10. The number of hydrogen-bond acceptors (Lipinski definition) is 4. The zero-order valence-electron chi connectivity index (χ0n) is 9.68. The van der Waals surface area contributed by atoms with Gasteiger partial charge in [0, 0.05) is 0 Å². The first-order valence-corrected chi connectivity index (χ1v) is 5.71. The molecule has 1 atom stereocenters. The van der Waals surface area contributed by atoms with Gasteiger partial charge in [-0.05, 0) is 25.1 Å². The van der Waals surface area contributed by atoms with Crippen molar-refractivity contribution in [1.82, 2.24) is 10.3 Å². The molecule has 0 saturated heterocycles. The average molecular weight is 266 g/mol. The number of carbonyl (C=O) groups is 1. The fraction of sp³-hybridized carbons (Fsp3) is 0.167. The Hall–Kier alpha value is -2.01. The molecule has 18 heavy (non-hydrogen) atoms. The van der Waals surface area contributed by atoms with E-state index in [9.17, 15) is 4.79 Å². The topological polar surface area (TPSA) is 81.2 Å². The van der Waals surface area contributed by atoms with Crippen LogP contribution in [0, 0.1) is 0 Å². The molecule has 5 nitrogen and oxygen atoms in total. The summed E-state index contributed by atoms with van der Waals surface area (Å²) in [5, 5.41) is 2.87. The maximum absolute atomic E-state index is 12.0. The standard InChI is InChI=1S/C12H12ClN3O2/c1-7(10-3-2-4-18-10)16-12(17)9-5-8(14)6-15-11(9)13/h2-7H,14H2,1H3,(H,16,17). The van der Waals surface area contributed by atoms with Crippen molar-refractivity contribution in [3.05, 3.63) is 47.1 Å². The van der Waals surface area contributed by atoms with Gasteiger partial charge in [-0.25, -0.2) is 4.98 Å². The van der Waals surface area contributed by atoms with Gasteiger partial charge in [-0.1, -0.05) is 11.6 Å². The number of pyridine rings is 1. The number of carbonyl (C=O) groups excluding carboxylic acids is 1. The van der Waals surface area contributed by atoms with Crippen molar-refractivity contribution in [2.75, 3.05) is 5.73 Å². The van der Waals surface area contributed by atoms with E-state index in [-0.39, 0.29) is 22.7 Å². The van der Waals surface area contributed by atoms with Crippen LogP contribution in [0.4, 0.5) is 5.69 Å². The van der Waals surface area contributed by atoms with Gasteiger partial charge in [-0.15, -0.1) is 0 Å². The Balaban J connectivity index is 2.15. The summed E-state index contributed by atoms with van der Waals surface area (Å²) < 4.78 is 5.20. The first-order chi connectivity index (χ1) is 8.58. The number of rotatable bonds is 3. The Morgan fingerprint density at radius 2 is 2.39 bits per heavy atom. The van der Waals surface area contributed by atoms with Crippen LogP contribution in [0.2, 0.25) is 5.15 Å². The van der Waals surface area contributed by atoms with E-state index >= 15 is 0 Å². The van der Waals surface area contributed by atoms with Crippen molar-refractivity contribution in [3.63, 3.8) is 0 Å². The molecule has 0 radical (unpaired) electrons. The van der Waals surface area contributed by atoms with Crippen LogP contribution < -0.4 is 11.1 Å². The van der Waals surface area contributed by atoms with Crippen molar-refractivity contribution < 1.29 is 9.21 Å². The third-order valence-electron chi connectivity index (χ3n) is 2.42. The van der Waals surface area contributed by atoms with E-state index in [1.807, 2.05) is 6.92 Å². The second-order valence-corrected chi connectivity index (χ2v) is 4.18. The van der Waals surface area contributed by atoms with E-state index < -0.39 is 0 Å². The predicted molar refractivity (Wildman–Crippen MR) is 68.2 cm³/mol. The van der Waals surface area contributed by atoms with Crippen LogP contribution in [-0.4, -0.2) is 10.9 Å².